The van der Waals surface area contributed by atoms with Crippen molar-refractivity contribution in [3.05, 3.63) is 58.3 Å². The SMILES string of the molecule is CC(=O)c1ccc(NC(=O)c2ccnc(Br)c2)cc1. The number of hydrogen-bond donors (Lipinski definition) is 1. The average molecular weight is 319 g/mol. The number of Topliss-reactive ketones (excluding diaryl/α,β-unsaturated/α-hetero) is 1. The number of halogens is 1. The molecule has 96 valence electrons. The largest absolute Gasteiger partial charge is 0.322 e. The van der Waals surface area contributed by atoms with E-state index in [0.29, 0.717) is 21.4 Å². The highest BCUT2D eigenvalue weighted by atomic mass is 79.9. The molecule has 0 saturated heterocycles. The van der Waals surface area contributed by atoms with Crippen LogP contribution in [0.25, 0.3) is 0 Å². The molecule has 0 fully saturated rings. The first-order chi connectivity index (χ1) is 9.06. The summed E-state index contributed by atoms with van der Waals surface area (Å²) < 4.78 is 0.604. The topological polar surface area (TPSA) is 59.1 Å². The van der Waals surface area contributed by atoms with Crippen LogP contribution in [0, 0.1) is 0 Å². The molecule has 0 unspecified atom stereocenters. The van der Waals surface area contributed by atoms with E-state index < -0.39 is 0 Å². The number of nitrogens with zero attached hydrogens (tertiary/aromatic N) is 1. The molecule has 19 heavy (non-hydrogen) atoms. The Labute approximate surface area is 119 Å². The molecule has 0 spiro atoms. The molecule has 0 bridgehead atoms. The van der Waals surface area contributed by atoms with Crippen LogP contribution in [0.2, 0.25) is 0 Å². The number of rotatable bonds is 3. The van der Waals surface area contributed by atoms with Crippen molar-refractivity contribution in [2.45, 2.75) is 6.92 Å². The normalized spacial score (nSPS) is 10.0. The van der Waals surface area contributed by atoms with Crippen molar-refractivity contribution < 1.29 is 9.59 Å². The number of aromatic nitrogens is 1. The molecule has 4 nitrogen and oxygen atoms in total. The number of ketones is 1. The standard InChI is InChI=1S/C14H11BrN2O2/c1-9(18)10-2-4-12(5-3-10)17-14(19)11-6-7-16-13(15)8-11/h2-8H,1H3,(H,17,19). The zero-order valence-electron chi connectivity index (χ0n) is 10.2. The maximum Gasteiger partial charge on any atom is 0.255 e. The van der Waals surface area contributed by atoms with E-state index in [9.17, 15) is 9.59 Å². The maximum atomic E-state index is 12.0. The lowest BCUT2D eigenvalue weighted by Crippen LogP contribution is -2.12. The van der Waals surface area contributed by atoms with Crippen molar-refractivity contribution >= 4 is 33.3 Å². The first-order valence-electron chi connectivity index (χ1n) is 5.60. The lowest BCUT2D eigenvalue weighted by Gasteiger charge is -2.06. The van der Waals surface area contributed by atoms with Gasteiger partial charge in [-0.3, -0.25) is 9.59 Å². The van der Waals surface area contributed by atoms with Gasteiger partial charge in [0, 0.05) is 23.0 Å². The summed E-state index contributed by atoms with van der Waals surface area (Å²) in [5, 5.41) is 2.75. The van der Waals surface area contributed by atoms with Crippen LogP contribution in [0.15, 0.2) is 47.2 Å². The summed E-state index contributed by atoms with van der Waals surface area (Å²) in [5.41, 5.74) is 1.77. The number of pyridine rings is 1. The van der Waals surface area contributed by atoms with Crippen molar-refractivity contribution in [3.8, 4) is 0 Å². The summed E-state index contributed by atoms with van der Waals surface area (Å²) in [6.07, 6.45) is 1.55. The zero-order valence-corrected chi connectivity index (χ0v) is 11.8. The Kier molecular flexibility index (Phi) is 4.06. The van der Waals surface area contributed by atoms with E-state index in [1.54, 1.807) is 42.6 Å². The number of nitrogens with one attached hydrogen (secondary N) is 1. The molecule has 2 aromatic rings. The van der Waals surface area contributed by atoms with E-state index in [-0.39, 0.29) is 11.7 Å². The predicted octanol–water partition coefficient (Wildman–Crippen LogP) is 3.30. The second-order valence-electron chi connectivity index (χ2n) is 3.95. The highest BCUT2D eigenvalue weighted by molar-refractivity contribution is 9.10. The first kappa shape index (κ1) is 13.4. The van der Waals surface area contributed by atoms with Crippen molar-refractivity contribution in [1.29, 1.82) is 0 Å². The number of hydrogen-bond acceptors (Lipinski definition) is 3. The van der Waals surface area contributed by atoms with Gasteiger partial charge in [-0.1, -0.05) is 0 Å². The second kappa shape index (κ2) is 5.75. The Morgan fingerprint density at radius 3 is 2.37 bits per heavy atom. The van der Waals surface area contributed by atoms with Gasteiger partial charge in [0.2, 0.25) is 0 Å². The molecule has 1 heterocycles. The highest BCUT2D eigenvalue weighted by Crippen LogP contribution is 2.13. The molecular weight excluding hydrogens is 308 g/mol. The van der Waals surface area contributed by atoms with Crippen molar-refractivity contribution in [2.24, 2.45) is 0 Å². The summed E-state index contributed by atoms with van der Waals surface area (Å²) in [4.78, 5) is 27.1. The first-order valence-corrected chi connectivity index (χ1v) is 6.39. The van der Waals surface area contributed by atoms with Gasteiger partial charge in [0.25, 0.3) is 5.91 Å². The Balaban J connectivity index is 2.13. The van der Waals surface area contributed by atoms with Gasteiger partial charge in [0.15, 0.2) is 5.78 Å². The minimum Gasteiger partial charge on any atom is -0.322 e. The molecule has 5 heteroatoms. The minimum atomic E-state index is -0.223. The number of carbonyl (C=O) groups excluding carboxylic acids is 2. The summed E-state index contributed by atoms with van der Waals surface area (Å²) >= 11 is 3.21. The van der Waals surface area contributed by atoms with Gasteiger partial charge in [-0.2, -0.15) is 0 Å². The Morgan fingerprint density at radius 1 is 1.11 bits per heavy atom. The average Bonchev–Trinajstić information content (AvgIpc) is 2.39. The summed E-state index contributed by atoms with van der Waals surface area (Å²) in [7, 11) is 0. The van der Waals surface area contributed by atoms with Gasteiger partial charge in [-0.05, 0) is 59.3 Å². The third kappa shape index (κ3) is 3.48. The molecule has 0 saturated carbocycles. The van der Waals surface area contributed by atoms with Crippen LogP contribution >= 0.6 is 15.9 Å². The van der Waals surface area contributed by atoms with E-state index in [1.807, 2.05) is 0 Å². The quantitative estimate of drug-likeness (QED) is 0.697. The Hall–Kier alpha value is -2.01. The van der Waals surface area contributed by atoms with Crippen LogP contribution in [0.3, 0.4) is 0 Å². The molecule has 1 aromatic carbocycles. The molecule has 0 radical (unpaired) electrons. The van der Waals surface area contributed by atoms with Gasteiger partial charge >= 0.3 is 0 Å². The van der Waals surface area contributed by atoms with Crippen LogP contribution in [-0.4, -0.2) is 16.7 Å². The molecule has 1 N–H and O–H groups in total. The summed E-state index contributed by atoms with van der Waals surface area (Å²) in [6.45, 7) is 1.50. The van der Waals surface area contributed by atoms with Gasteiger partial charge in [-0.15, -0.1) is 0 Å². The van der Waals surface area contributed by atoms with Crippen LogP contribution in [0.1, 0.15) is 27.6 Å². The fraction of sp³-hybridized carbons (Fsp3) is 0.0714. The van der Waals surface area contributed by atoms with Gasteiger partial charge in [-0.25, -0.2) is 4.98 Å². The molecule has 0 aliphatic heterocycles. The van der Waals surface area contributed by atoms with E-state index in [0.717, 1.165) is 0 Å². The predicted molar refractivity (Wildman–Crippen MR) is 76.3 cm³/mol. The lowest BCUT2D eigenvalue weighted by atomic mass is 10.1. The van der Waals surface area contributed by atoms with E-state index in [1.165, 1.54) is 6.92 Å². The maximum absolute atomic E-state index is 12.0. The van der Waals surface area contributed by atoms with Crippen LogP contribution < -0.4 is 5.32 Å². The van der Waals surface area contributed by atoms with Crippen molar-refractivity contribution in [2.75, 3.05) is 5.32 Å². The minimum absolute atomic E-state index is 0.00376. The van der Waals surface area contributed by atoms with Crippen LogP contribution in [0.5, 0.6) is 0 Å². The summed E-state index contributed by atoms with van der Waals surface area (Å²) in [5.74, 6) is -0.227. The highest BCUT2D eigenvalue weighted by Gasteiger charge is 2.07. The smallest absolute Gasteiger partial charge is 0.255 e. The number of carbonyl (C=O) groups is 2. The Morgan fingerprint density at radius 2 is 1.79 bits per heavy atom. The molecule has 0 aliphatic rings. The molecular formula is C14H11BrN2O2. The molecule has 0 aliphatic carbocycles. The number of anilines is 1. The van der Waals surface area contributed by atoms with Crippen LogP contribution in [-0.2, 0) is 0 Å². The summed E-state index contributed by atoms with van der Waals surface area (Å²) in [6, 6.07) is 10.0. The molecule has 0 atom stereocenters. The zero-order chi connectivity index (χ0) is 13.8. The monoisotopic (exact) mass is 318 g/mol. The van der Waals surface area contributed by atoms with Crippen molar-refractivity contribution in [3.63, 3.8) is 0 Å². The van der Waals surface area contributed by atoms with Gasteiger partial charge in [0.05, 0.1) is 0 Å². The third-order valence-corrected chi connectivity index (χ3v) is 2.97. The molecule has 2 rings (SSSR count). The van der Waals surface area contributed by atoms with Crippen LogP contribution in [0.4, 0.5) is 5.69 Å². The fourth-order valence-corrected chi connectivity index (χ4v) is 1.90. The van der Waals surface area contributed by atoms with Gasteiger partial charge in [0.1, 0.15) is 4.60 Å². The van der Waals surface area contributed by atoms with Crippen molar-refractivity contribution in [1.82, 2.24) is 4.98 Å². The Bertz CT molecular complexity index is 624. The molecule has 1 aromatic heterocycles. The van der Waals surface area contributed by atoms with E-state index >= 15 is 0 Å². The fourth-order valence-electron chi connectivity index (χ4n) is 1.54. The van der Waals surface area contributed by atoms with E-state index in [2.05, 4.69) is 26.2 Å². The third-order valence-electron chi connectivity index (χ3n) is 2.54. The lowest BCUT2D eigenvalue weighted by molar-refractivity contribution is 0.101. The number of benzene rings is 1. The van der Waals surface area contributed by atoms with Gasteiger partial charge < -0.3 is 5.32 Å². The number of amides is 1. The second-order valence-corrected chi connectivity index (χ2v) is 4.77. The molecule has 1 amide bonds. The van der Waals surface area contributed by atoms with E-state index in [4.69, 9.17) is 0 Å².